The zero-order chi connectivity index (χ0) is 17.5. The molecular weight excluding hydrogens is 332 g/mol. The summed E-state index contributed by atoms with van der Waals surface area (Å²) in [5.74, 6) is -0.373. The highest BCUT2D eigenvalue weighted by molar-refractivity contribution is 6.30. The van der Waals surface area contributed by atoms with Crippen molar-refractivity contribution in [3.8, 4) is 5.75 Å². The number of hydrogen-bond acceptors (Lipinski definition) is 4. The van der Waals surface area contributed by atoms with Gasteiger partial charge in [-0.3, -0.25) is 14.5 Å². The van der Waals surface area contributed by atoms with E-state index < -0.39 is 11.9 Å². The van der Waals surface area contributed by atoms with E-state index in [1.165, 1.54) is 0 Å². The maximum absolute atomic E-state index is 12.0. The van der Waals surface area contributed by atoms with Gasteiger partial charge < -0.3 is 15.2 Å². The Kier molecular flexibility index (Phi) is 6.87. The Morgan fingerprint density at radius 1 is 1.42 bits per heavy atom. The Labute approximate surface area is 146 Å². The fraction of sp³-hybridized carbons (Fsp3) is 0.529. The average molecular weight is 355 g/mol. The summed E-state index contributed by atoms with van der Waals surface area (Å²) in [5.41, 5.74) is 0. The minimum Gasteiger partial charge on any atom is -0.492 e. The van der Waals surface area contributed by atoms with E-state index in [2.05, 4.69) is 5.32 Å². The molecule has 1 heterocycles. The summed E-state index contributed by atoms with van der Waals surface area (Å²) in [6.07, 6.45) is 0.668. The van der Waals surface area contributed by atoms with Crippen molar-refractivity contribution in [1.29, 1.82) is 0 Å². The smallest absolute Gasteiger partial charge is 0.307 e. The summed E-state index contributed by atoms with van der Waals surface area (Å²) in [5, 5.41) is 12.5. The van der Waals surface area contributed by atoms with Crippen LogP contribution < -0.4 is 10.1 Å². The van der Waals surface area contributed by atoms with E-state index in [0.717, 1.165) is 6.54 Å². The molecule has 1 aromatic carbocycles. The van der Waals surface area contributed by atoms with Crippen LogP contribution in [0.4, 0.5) is 0 Å². The Balaban J connectivity index is 1.68. The summed E-state index contributed by atoms with van der Waals surface area (Å²) in [6, 6.07) is 7.08. The van der Waals surface area contributed by atoms with E-state index in [1.807, 2.05) is 11.8 Å². The second kappa shape index (κ2) is 8.89. The van der Waals surface area contributed by atoms with Gasteiger partial charge in [-0.05, 0) is 30.5 Å². The number of nitrogens with zero attached hydrogens (tertiary/aromatic N) is 1. The number of ether oxygens (including phenoxy) is 1. The normalized spacial score (nSPS) is 21.2. The molecule has 1 aliphatic heterocycles. The van der Waals surface area contributed by atoms with Crippen LogP contribution in [-0.4, -0.2) is 54.7 Å². The molecule has 1 amide bonds. The predicted octanol–water partition coefficient (Wildman–Crippen LogP) is 1.88. The molecule has 0 radical (unpaired) electrons. The number of rotatable bonds is 7. The van der Waals surface area contributed by atoms with Crippen molar-refractivity contribution in [3.63, 3.8) is 0 Å². The van der Waals surface area contributed by atoms with Gasteiger partial charge in [-0.1, -0.05) is 24.6 Å². The van der Waals surface area contributed by atoms with E-state index in [0.29, 0.717) is 36.9 Å². The molecule has 0 bridgehead atoms. The molecule has 7 heteroatoms. The third kappa shape index (κ3) is 6.02. The predicted molar refractivity (Wildman–Crippen MR) is 91.3 cm³/mol. The summed E-state index contributed by atoms with van der Waals surface area (Å²) in [4.78, 5) is 25.0. The highest BCUT2D eigenvalue weighted by Gasteiger charge is 2.30. The molecule has 1 saturated heterocycles. The molecule has 0 aromatic heterocycles. The Morgan fingerprint density at radius 2 is 2.21 bits per heavy atom. The number of hydrogen-bond donors (Lipinski definition) is 2. The van der Waals surface area contributed by atoms with Crippen LogP contribution in [0.1, 0.15) is 13.3 Å². The highest BCUT2D eigenvalue weighted by atomic mass is 35.5. The largest absolute Gasteiger partial charge is 0.492 e. The molecule has 2 unspecified atom stereocenters. The van der Waals surface area contributed by atoms with Crippen LogP contribution in [0.25, 0.3) is 0 Å². The Morgan fingerprint density at radius 3 is 2.92 bits per heavy atom. The van der Waals surface area contributed by atoms with Crippen molar-refractivity contribution in [3.05, 3.63) is 29.3 Å². The maximum atomic E-state index is 12.0. The SMILES string of the molecule is CC1CC(C(=O)O)CN(CC(=O)NCCOc2cccc(Cl)c2)C1. The van der Waals surface area contributed by atoms with E-state index in [4.69, 9.17) is 21.4 Å². The number of aliphatic carboxylic acids is 1. The lowest BCUT2D eigenvalue weighted by Gasteiger charge is -2.34. The number of amides is 1. The monoisotopic (exact) mass is 354 g/mol. The van der Waals surface area contributed by atoms with E-state index in [9.17, 15) is 9.59 Å². The van der Waals surface area contributed by atoms with Gasteiger partial charge in [-0.2, -0.15) is 0 Å². The maximum Gasteiger partial charge on any atom is 0.307 e. The Bertz CT molecular complexity index is 581. The van der Waals surface area contributed by atoms with Crippen LogP contribution in [0.3, 0.4) is 0 Å². The second-order valence-electron chi connectivity index (χ2n) is 6.23. The van der Waals surface area contributed by atoms with Crippen molar-refractivity contribution in [2.24, 2.45) is 11.8 Å². The highest BCUT2D eigenvalue weighted by Crippen LogP contribution is 2.21. The quantitative estimate of drug-likeness (QED) is 0.731. The minimum absolute atomic E-state index is 0.122. The van der Waals surface area contributed by atoms with Gasteiger partial charge in [0, 0.05) is 18.1 Å². The first-order valence-corrected chi connectivity index (χ1v) is 8.42. The van der Waals surface area contributed by atoms with Gasteiger partial charge in [0.25, 0.3) is 0 Å². The zero-order valence-electron chi connectivity index (χ0n) is 13.7. The van der Waals surface area contributed by atoms with Crippen LogP contribution in [0, 0.1) is 11.8 Å². The molecule has 2 atom stereocenters. The fourth-order valence-electron chi connectivity index (χ4n) is 2.94. The van der Waals surface area contributed by atoms with E-state index in [-0.39, 0.29) is 18.4 Å². The van der Waals surface area contributed by atoms with Crippen molar-refractivity contribution in [2.75, 3.05) is 32.8 Å². The molecule has 1 aliphatic rings. The summed E-state index contributed by atoms with van der Waals surface area (Å²) in [6.45, 7) is 4.13. The van der Waals surface area contributed by atoms with E-state index in [1.54, 1.807) is 24.3 Å². The number of nitrogens with one attached hydrogen (secondary N) is 1. The number of benzene rings is 1. The number of carboxylic acids is 1. The van der Waals surface area contributed by atoms with Gasteiger partial charge in [-0.25, -0.2) is 0 Å². The summed E-state index contributed by atoms with van der Waals surface area (Å²) in [7, 11) is 0. The van der Waals surface area contributed by atoms with E-state index >= 15 is 0 Å². The molecule has 24 heavy (non-hydrogen) atoms. The van der Waals surface area contributed by atoms with Crippen LogP contribution in [0.5, 0.6) is 5.75 Å². The standard InChI is InChI=1S/C17H23ClN2O4/c1-12-7-13(17(22)23)10-20(9-12)11-16(21)19-5-6-24-15-4-2-3-14(18)8-15/h2-4,8,12-13H,5-7,9-11H2,1H3,(H,19,21)(H,22,23). The number of carbonyl (C=O) groups excluding carboxylic acids is 1. The lowest BCUT2D eigenvalue weighted by atomic mass is 9.90. The lowest BCUT2D eigenvalue weighted by molar-refractivity contribution is -0.145. The van der Waals surface area contributed by atoms with Gasteiger partial charge in [0.15, 0.2) is 0 Å². The van der Waals surface area contributed by atoms with Crippen LogP contribution in [0.2, 0.25) is 5.02 Å². The van der Waals surface area contributed by atoms with Gasteiger partial charge in [0.05, 0.1) is 19.0 Å². The lowest BCUT2D eigenvalue weighted by Crippen LogP contribution is -2.47. The van der Waals surface area contributed by atoms with Gasteiger partial charge in [0.2, 0.25) is 5.91 Å². The van der Waals surface area contributed by atoms with Crippen LogP contribution in [-0.2, 0) is 9.59 Å². The average Bonchev–Trinajstić information content (AvgIpc) is 2.51. The van der Waals surface area contributed by atoms with Gasteiger partial charge in [0.1, 0.15) is 12.4 Å². The number of likely N-dealkylation sites (tertiary alicyclic amines) is 1. The molecule has 2 rings (SSSR count). The number of halogens is 1. The number of carbonyl (C=O) groups is 2. The minimum atomic E-state index is -0.790. The van der Waals surface area contributed by atoms with Crippen LogP contribution in [0.15, 0.2) is 24.3 Å². The molecule has 0 aliphatic carbocycles. The first-order valence-electron chi connectivity index (χ1n) is 8.04. The summed E-state index contributed by atoms with van der Waals surface area (Å²) >= 11 is 5.87. The Hall–Kier alpha value is -1.79. The van der Waals surface area contributed by atoms with Crippen LogP contribution >= 0.6 is 11.6 Å². The van der Waals surface area contributed by atoms with Crippen molar-refractivity contribution in [2.45, 2.75) is 13.3 Å². The fourth-order valence-corrected chi connectivity index (χ4v) is 3.13. The zero-order valence-corrected chi connectivity index (χ0v) is 14.5. The van der Waals surface area contributed by atoms with Crippen molar-refractivity contribution < 1.29 is 19.4 Å². The molecule has 0 spiro atoms. The van der Waals surface area contributed by atoms with Crippen molar-refractivity contribution >= 4 is 23.5 Å². The van der Waals surface area contributed by atoms with Crippen molar-refractivity contribution in [1.82, 2.24) is 10.2 Å². The molecule has 132 valence electrons. The first-order chi connectivity index (χ1) is 11.4. The molecule has 1 fully saturated rings. The number of carboxylic acid groups (broad SMARTS) is 1. The molecule has 6 nitrogen and oxygen atoms in total. The third-order valence-corrected chi connectivity index (χ3v) is 4.18. The first kappa shape index (κ1) is 18.5. The molecule has 1 aromatic rings. The van der Waals surface area contributed by atoms with Gasteiger partial charge >= 0.3 is 5.97 Å². The third-order valence-electron chi connectivity index (χ3n) is 3.94. The molecule has 2 N–H and O–H groups in total. The summed E-state index contributed by atoms with van der Waals surface area (Å²) < 4.78 is 5.50. The molecular formula is C17H23ClN2O4. The topological polar surface area (TPSA) is 78.9 Å². The second-order valence-corrected chi connectivity index (χ2v) is 6.66. The molecule has 0 saturated carbocycles. The van der Waals surface area contributed by atoms with Gasteiger partial charge in [-0.15, -0.1) is 0 Å². The number of piperidine rings is 1.